The maximum absolute atomic E-state index is 10.4. The topological polar surface area (TPSA) is 68.1 Å². The van der Waals surface area contributed by atoms with Crippen molar-refractivity contribution < 1.29 is 19.5 Å². The van der Waals surface area contributed by atoms with Crippen molar-refractivity contribution in [3.63, 3.8) is 0 Å². The Morgan fingerprint density at radius 2 is 2.00 bits per heavy atom. The summed E-state index contributed by atoms with van der Waals surface area (Å²) in [7, 11) is 0. The zero-order chi connectivity index (χ0) is 13.4. The Bertz CT molecular complexity index is 417. The number of benzene rings is 1. The molecule has 5 nitrogen and oxygen atoms in total. The molecule has 18 heavy (non-hydrogen) atoms. The highest BCUT2D eigenvalue weighted by Crippen LogP contribution is 2.15. The number of rotatable bonds is 7. The molecule has 0 atom stereocenters. The summed E-state index contributed by atoms with van der Waals surface area (Å²) in [5.74, 6) is -0.364. The molecule has 0 saturated heterocycles. The molecule has 0 heterocycles. The number of oxime groups is 1. The van der Waals surface area contributed by atoms with Crippen molar-refractivity contribution in [3.05, 3.63) is 29.3 Å². The van der Waals surface area contributed by atoms with Gasteiger partial charge in [-0.1, -0.05) is 16.8 Å². The molecule has 1 aromatic rings. The third kappa shape index (κ3) is 5.54. The van der Waals surface area contributed by atoms with Gasteiger partial charge in [0.15, 0.2) is 5.71 Å². The zero-order valence-electron chi connectivity index (χ0n) is 9.93. The van der Waals surface area contributed by atoms with Crippen LogP contribution in [0.2, 0.25) is 5.02 Å². The van der Waals surface area contributed by atoms with Gasteiger partial charge < -0.3 is 14.7 Å². The van der Waals surface area contributed by atoms with Crippen LogP contribution in [-0.2, 0) is 9.63 Å². The molecular formula is C12H14ClNO4. The van der Waals surface area contributed by atoms with E-state index < -0.39 is 5.97 Å². The van der Waals surface area contributed by atoms with E-state index in [9.17, 15) is 4.79 Å². The Balaban J connectivity index is 2.14. The number of aliphatic carboxylic acids is 1. The third-order valence-corrected chi connectivity index (χ3v) is 2.23. The summed E-state index contributed by atoms with van der Waals surface area (Å²) in [6.07, 6.45) is 0.610. The molecule has 6 heteroatoms. The van der Waals surface area contributed by atoms with Crippen LogP contribution in [0, 0.1) is 0 Å². The lowest BCUT2D eigenvalue weighted by Crippen LogP contribution is -2.09. The first-order valence-corrected chi connectivity index (χ1v) is 5.75. The van der Waals surface area contributed by atoms with Crippen molar-refractivity contribution in [3.8, 4) is 5.75 Å². The summed E-state index contributed by atoms with van der Waals surface area (Å²) >= 11 is 5.73. The molecule has 0 aromatic heterocycles. The van der Waals surface area contributed by atoms with E-state index in [1.165, 1.54) is 6.92 Å². The molecule has 0 radical (unpaired) electrons. The fourth-order valence-corrected chi connectivity index (χ4v) is 1.15. The van der Waals surface area contributed by atoms with Crippen LogP contribution in [0.1, 0.15) is 13.3 Å². The molecule has 0 spiro atoms. The number of halogens is 1. The maximum atomic E-state index is 10.4. The van der Waals surface area contributed by atoms with Gasteiger partial charge in [0.05, 0.1) is 6.61 Å². The minimum Gasteiger partial charge on any atom is -0.493 e. The molecule has 0 unspecified atom stereocenters. The van der Waals surface area contributed by atoms with E-state index in [-0.39, 0.29) is 5.71 Å². The first kappa shape index (κ1) is 14.3. The van der Waals surface area contributed by atoms with E-state index in [0.29, 0.717) is 24.7 Å². The predicted molar refractivity (Wildman–Crippen MR) is 68.3 cm³/mol. The summed E-state index contributed by atoms with van der Waals surface area (Å²) < 4.78 is 5.41. The van der Waals surface area contributed by atoms with Gasteiger partial charge in [-0.3, -0.25) is 0 Å². The lowest BCUT2D eigenvalue weighted by molar-refractivity contribution is -0.129. The number of ether oxygens (including phenoxy) is 1. The van der Waals surface area contributed by atoms with Crippen LogP contribution in [-0.4, -0.2) is 30.0 Å². The molecule has 0 fully saturated rings. The Labute approximate surface area is 110 Å². The van der Waals surface area contributed by atoms with E-state index in [2.05, 4.69) is 5.16 Å². The summed E-state index contributed by atoms with van der Waals surface area (Å²) in [6.45, 7) is 2.13. The Morgan fingerprint density at radius 1 is 1.33 bits per heavy atom. The van der Waals surface area contributed by atoms with Crippen LogP contribution in [0.4, 0.5) is 0 Å². The number of hydrogen-bond donors (Lipinski definition) is 1. The Kier molecular flexibility index (Phi) is 6.00. The fourth-order valence-electron chi connectivity index (χ4n) is 1.03. The Morgan fingerprint density at radius 3 is 2.61 bits per heavy atom. The van der Waals surface area contributed by atoms with Crippen LogP contribution in [0.5, 0.6) is 5.75 Å². The summed E-state index contributed by atoms with van der Waals surface area (Å²) in [4.78, 5) is 15.2. The van der Waals surface area contributed by atoms with Crippen molar-refractivity contribution in [2.75, 3.05) is 13.2 Å². The highest BCUT2D eigenvalue weighted by Gasteiger charge is 2.01. The van der Waals surface area contributed by atoms with Gasteiger partial charge in [0.2, 0.25) is 0 Å². The lowest BCUT2D eigenvalue weighted by atomic mass is 10.3. The highest BCUT2D eigenvalue weighted by atomic mass is 35.5. The van der Waals surface area contributed by atoms with E-state index in [1.54, 1.807) is 24.3 Å². The number of carboxylic acids is 1. The molecule has 0 aliphatic rings. The normalized spacial score (nSPS) is 11.1. The monoisotopic (exact) mass is 271 g/mol. The zero-order valence-corrected chi connectivity index (χ0v) is 10.7. The van der Waals surface area contributed by atoms with Gasteiger partial charge >= 0.3 is 5.97 Å². The number of nitrogens with zero attached hydrogens (tertiary/aromatic N) is 1. The van der Waals surface area contributed by atoms with Gasteiger partial charge in [0, 0.05) is 11.4 Å². The molecule has 1 aromatic carbocycles. The lowest BCUT2D eigenvalue weighted by Gasteiger charge is -2.05. The average molecular weight is 272 g/mol. The standard InChI is InChI=1S/C12H14ClNO4/c1-9(12(15)16)14-18-8-2-7-17-11-5-3-10(13)4-6-11/h3-6H,2,7-8H2,1H3,(H,15,16). The first-order chi connectivity index (χ1) is 8.59. The second-order valence-electron chi connectivity index (χ2n) is 3.47. The predicted octanol–water partition coefficient (Wildman–Crippen LogP) is 2.59. The third-order valence-electron chi connectivity index (χ3n) is 1.97. The minimum absolute atomic E-state index is 0.0754. The summed E-state index contributed by atoms with van der Waals surface area (Å²) in [6, 6.07) is 7.04. The molecule has 0 saturated carbocycles. The average Bonchev–Trinajstić information content (AvgIpc) is 2.35. The molecule has 0 bridgehead atoms. The highest BCUT2D eigenvalue weighted by molar-refractivity contribution is 6.34. The minimum atomic E-state index is -1.09. The second kappa shape index (κ2) is 7.55. The van der Waals surface area contributed by atoms with E-state index >= 15 is 0 Å². The molecule has 98 valence electrons. The van der Waals surface area contributed by atoms with Crippen molar-refractivity contribution in [2.45, 2.75) is 13.3 Å². The van der Waals surface area contributed by atoms with Crippen molar-refractivity contribution in [1.29, 1.82) is 0 Å². The van der Waals surface area contributed by atoms with Crippen LogP contribution in [0.25, 0.3) is 0 Å². The number of hydrogen-bond acceptors (Lipinski definition) is 4. The smallest absolute Gasteiger partial charge is 0.353 e. The number of carbonyl (C=O) groups is 1. The van der Waals surface area contributed by atoms with Gasteiger partial charge in [-0.2, -0.15) is 0 Å². The van der Waals surface area contributed by atoms with Crippen LogP contribution in [0.15, 0.2) is 29.4 Å². The first-order valence-electron chi connectivity index (χ1n) is 5.38. The Hall–Kier alpha value is -1.75. The van der Waals surface area contributed by atoms with Crippen molar-refractivity contribution in [2.24, 2.45) is 5.16 Å². The van der Waals surface area contributed by atoms with E-state index in [1.807, 2.05) is 0 Å². The van der Waals surface area contributed by atoms with Crippen molar-refractivity contribution >= 4 is 23.3 Å². The largest absolute Gasteiger partial charge is 0.493 e. The molecule has 0 amide bonds. The fraction of sp³-hybridized carbons (Fsp3) is 0.333. The summed E-state index contributed by atoms with van der Waals surface area (Å²) in [5.41, 5.74) is -0.0754. The molecule has 1 N–H and O–H groups in total. The van der Waals surface area contributed by atoms with Gasteiger partial charge in [0.1, 0.15) is 12.4 Å². The maximum Gasteiger partial charge on any atom is 0.353 e. The molecule has 0 aliphatic carbocycles. The van der Waals surface area contributed by atoms with Gasteiger partial charge in [-0.25, -0.2) is 4.79 Å². The SMILES string of the molecule is CC(=NOCCCOc1ccc(Cl)cc1)C(=O)O. The van der Waals surface area contributed by atoms with E-state index in [0.717, 1.165) is 5.75 Å². The van der Waals surface area contributed by atoms with E-state index in [4.69, 9.17) is 26.3 Å². The van der Waals surface area contributed by atoms with Crippen LogP contribution in [0.3, 0.4) is 0 Å². The number of carboxylic acid groups (broad SMARTS) is 1. The van der Waals surface area contributed by atoms with Crippen LogP contribution < -0.4 is 4.74 Å². The second-order valence-corrected chi connectivity index (χ2v) is 3.91. The van der Waals surface area contributed by atoms with Gasteiger partial charge in [-0.05, 0) is 31.2 Å². The molecule has 0 aliphatic heterocycles. The molecule has 1 rings (SSSR count). The summed E-state index contributed by atoms with van der Waals surface area (Å²) in [5, 5.41) is 12.6. The van der Waals surface area contributed by atoms with Crippen molar-refractivity contribution in [1.82, 2.24) is 0 Å². The van der Waals surface area contributed by atoms with Crippen LogP contribution >= 0.6 is 11.6 Å². The van der Waals surface area contributed by atoms with Gasteiger partial charge in [-0.15, -0.1) is 0 Å². The molecular weight excluding hydrogens is 258 g/mol. The van der Waals surface area contributed by atoms with Gasteiger partial charge in [0.25, 0.3) is 0 Å². The quantitative estimate of drug-likeness (QED) is 0.470.